The van der Waals surface area contributed by atoms with E-state index >= 15 is 0 Å². The lowest BCUT2D eigenvalue weighted by molar-refractivity contribution is -0.114. The Hall–Kier alpha value is -0.920. The first-order valence-corrected chi connectivity index (χ1v) is 6.15. The topological polar surface area (TPSA) is 81.4 Å². The van der Waals surface area contributed by atoms with Gasteiger partial charge in [0.25, 0.3) is 0 Å². The second-order valence-electron chi connectivity index (χ2n) is 3.05. The summed E-state index contributed by atoms with van der Waals surface area (Å²) in [7, 11) is 1.27. The van der Waals surface area contributed by atoms with Crippen molar-refractivity contribution in [2.75, 3.05) is 19.0 Å². The van der Waals surface area contributed by atoms with Crippen LogP contribution in [0.4, 0.5) is 5.69 Å². The number of benzene rings is 1. The van der Waals surface area contributed by atoms with Gasteiger partial charge in [0.2, 0.25) is 5.91 Å². The molecule has 7 heteroatoms. The van der Waals surface area contributed by atoms with E-state index in [1.165, 1.54) is 7.11 Å². The molecule has 0 aromatic heterocycles. The number of halogens is 2. The van der Waals surface area contributed by atoms with E-state index in [-0.39, 0.29) is 12.1 Å². The van der Waals surface area contributed by atoms with Crippen LogP contribution in [0.3, 0.4) is 0 Å². The van der Waals surface area contributed by atoms with E-state index < -0.39 is 11.9 Å². The lowest BCUT2D eigenvalue weighted by Gasteiger charge is -2.11. The van der Waals surface area contributed by atoms with Crippen LogP contribution in [0.2, 0.25) is 0 Å². The van der Waals surface area contributed by atoms with E-state index in [1.54, 1.807) is 12.1 Å². The number of nitrogens with two attached hydrogens (primary N) is 1. The molecule has 92 valence electrons. The molecule has 0 spiro atoms. The summed E-state index contributed by atoms with van der Waals surface area (Å²) in [5.74, 6) is -0.933. The van der Waals surface area contributed by atoms with Crippen molar-refractivity contribution in [1.29, 1.82) is 0 Å². The summed E-state index contributed by atoms with van der Waals surface area (Å²) in [6.07, 6.45) is 0. The van der Waals surface area contributed by atoms with Crippen LogP contribution >= 0.6 is 31.9 Å². The Kier molecular flexibility index (Phi) is 5.10. The van der Waals surface area contributed by atoms with Crippen molar-refractivity contribution >= 4 is 49.4 Å². The SMILES string of the molecule is COC(=O)c1cc(Br)cc(Br)c1NC(=O)CN. The molecule has 5 nitrogen and oxygen atoms in total. The van der Waals surface area contributed by atoms with Crippen LogP contribution in [0, 0.1) is 0 Å². The van der Waals surface area contributed by atoms with Crippen molar-refractivity contribution < 1.29 is 14.3 Å². The lowest BCUT2D eigenvalue weighted by Crippen LogP contribution is -2.23. The van der Waals surface area contributed by atoms with Crippen molar-refractivity contribution in [3.63, 3.8) is 0 Å². The van der Waals surface area contributed by atoms with Crippen LogP contribution in [-0.2, 0) is 9.53 Å². The zero-order chi connectivity index (χ0) is 13.0. The second-order valence-corrected chi connectivity index (χ2v) is 4.82. The van der Waals surface area contributed by atoms with Crippen LogP contribution in [0.15, 0.2) is 21.1 Å². The van der Waals surface area contributed by atoms with Crippen LogP contribution in [0.1, 0.15) is 10.4 Å². The summed E-state index contributed by atoms with van der Waals surface area (Å²) in [6, 6.07) is 3.27. The second kappa shape index (κ2) is 6.13. The first-order chi connectivity index (χ1) is 7.99. The molecule has 1 rings (SSSR count). The molecule has 0 aliphatic rings. The van der Waals surface area contributed by atoms with Crippen molar-refractivity contribution in [1.82, 2.24) is 0 Å². The molecule has 0 unspecified atom stereocenters. The number of methoxy groups -OCH3 is 1. The summed E-state index contributed by atoms with van der Waals surface area (Å²) >= 11 is 6.51. The van der Waals surface area contributed by atoms with Crippen molar-refractivity contribution in [3.05, 3.63) is 26.6 Å². The van der Waals surface area contributed by atoms with E-state index in [9.17, 15) is 9.59 Å². The molecule has 1 aromatic rings. The van der Waals surface area contributed by atoms with Crippen LogP contribution < -0.4 is 11.1 Å². The molecule has 0 fully saturated rings. The van der Waals surface area contributed by atoms with Gasteiger partial charge in [-0.3, -0.25) is 4.79 Å². The molecule has 3 N–H and O–H groups in total. The highest BCUT2D eigenvalue weighted by Crippen LogP contribution is 2.31. The summed E-state index contributed by atoms with van der Waals surface area (Å²) in [5, 5.41) is 2.54. The lowest BCUT2D eigenvalue weighted by atomic mass is 10.2. The molecule has 0 aliphatic heterocycles. The number of hydrogen-bond acceptors (Lipinski definition) is 4. The average molecular weight is 366 g/mol. The van der Waals surface area contributed by atoms with Crippen LogP contribution in [-0.4, -0.2) is 25.5 Å². The highest BCUT2D eigenvalue weighted by atomic mass is 79.9. The summed E-state index contributed by atoms with van der Waals surface area (Å²) < 4.78 is 5.89. The fourth-order valence-corrected chi connectivity index (χ4v) is 2.49. The monoisotopic (exact) mass is 364 g/mol. The molecule has 1 aromatic carbocycles. The Labute approximate surface area is 115 Å². The number of hydrogen-bond donors (Lipinski definition) is 2. The van der Waals surface area contributed by atoms with Gasteiger partial charge in [-0.05, 0) is 28.1 Å². The Morgan fingerprint density at radius 3 is 2.59 bits per heavy atom. The third-order valence-corrected chi connectivity index (χ3v) is 2.99. The highest BCUT2D eigenvalue weighted by Gasteiger charge is 2.17. The van der Waals surface area contributed by atoms with Gasteiger partial charge in [0.15, 0.2) is 0 Å². The number of nitrogens with one attached hydrogen (secondary N) is 1. The minimum absolute atomic E-state index is 0.164. The maximum absolute atomic E-state index is 11.6. The number of ether oxygens (including phenoxy) is 1. The van der Waals surface area contributed by atoms with Gasteiger partial charge in [-0.2, -0.15) is 0 Å². The molecule has 17 heavy (non-hydrogen) atoms. The molecule has 0 aliphatic carbocycles. The zero-order valence-electron chi connectivity index (χ0n) is 8.92. The standard InChI is InChI=1S/C10H10Br2N2O3/c1-17-10(16)6-2-5(11)3-7(12)9(6)14-8(15)4-13/h2-3H,4,13H2,1H3,(H,14,15). The molecular formula is C10H10Br2N2O3. The fraction of sp³-hybridized carbons (Fsp3) is 0.200. The molecule has 0 atom stereocenters. The predicted molar refractivity (Wildman–Crippen MR) is 70.9 cm³/mol. The first kappa shape index (κ1) is 14.1. The summed E-state index contributed by atoms with van der Waals surface area (Å²) in [4.78, 5) is 22.8. The number of carbonyl (C=O) groups is 2. The van der Waals surface area contributed by atoms with Crippen molar-refractivity contribution in [3.8, 4) is 0 Å². The normalized spacial score (nSPS) is 9.88. The number of amides is 1. The van der Waals surface area contributed by atoms with E-state index in [4.69, 9.17) is 5.73 Å². The van der Waals surface area contributed by atoms with Gasteiger partial charge < -0.3 is 15.8 Å². The number of carbonyl (C=O) groups excluding carboxylic acids is 2. The van der Waals surface area contributed by atoms with Gasteiger partial charge in [-0.25, -0.2) is 4.79 Å². The quantitative estimate of drug-likeness (QED) is 0.801. The number of anilines is 1. The minimum atomic E-state index is -0.542. The number of rotatable bonds is 3. The molecule has 0 heterocycles. The van der Waals surface area contributed by atoms with E-state index in [1.807, 2.05) is 0 Å². The maximum Gasteiger partial charge on any atom is 0.340 e. The predicted octanol–water partition coefficient (Wildman–Crippen LogP) is 1.90. The van der Waals surface area contributed by atoms with E-state index in [2.05, 4.69) is 41.9 Å². The van der Waals surface area contributed by atoms with Crippen LogP contribution in [0.25, 0.3) is 0 Å². The Morgan fingerprint density at radius 2 is 2.06 bits per heavy atom. The Balaban J connectivity index is 3.25. The first-order valence-electron chi connectivity index (χ1n) is 4.57. The Morgan fingerprint density at radius 1 is 1.41 bits per heavy atom. The molecule has 0 saturated carbocycles. The third kappa shape index (κ3) is 3.52. The van der Waals surface area contributed by atoms with Crippen molar-refractivity contribution in [2.45, 2.75) is 0 Å². The number of esters is 1. The Bertz CT molecular complexity index is 463. The van der Waals surface area contributed by atoms with Gasteiger partial charge in [0.05, 0.1) is 24.9 Å². The molecule has 0 radical (unpaired) electrons. The van der Waals surface area contributed by atoms with E-state index in [0.29, 0.717) is 14.6 Å². The van der Waals surface area contributed by atoms with E-state index in [0.717, 1.165) is 0 Å². The molecule has 1 amide bonds. The molecular weight excluding hydrogens is 356 g/mol. The fourth-order valence-electron chi connectivity index (χ4n) is 1.16. The minimum Gasteiger partial charge on any atom is -0.465 e. The average Bonchev–Trinajstić information content (AvgIpc) is 2.30. The largest absolute Gasteiger partial charge is 0.465 e. The van der Waals surface area contributed by atoms with Gasteiger partial charge in [-0.15, -0.1) is 0 Å². The molecule has 0 bridgehead atoms. The van der Waals surface area contributed by atoms with Gasteiger partial charge >= 0.3 is 5.97 Å². The summed E-state index contributed by atoms with van der Waals surface area (Å²) in [6.45, 7) is -0.164. The van der Waals surface area contributed by atoms with Gasteiger partial charge in [-0.1, -0.05) is 15.9 Å². The van der Waals surface area contributed by atoms with Gasteiger partial charge in [0, 0.05) is 8.95 Å². The highest BCUT2D eigenvalue weighted by molar-refractivity contribution is 9.11. The maximum atomic E-state index is 11.6. The smallest absolute Gasteiger partial charge is 0.340 e. The van der Waals surface area contributed by atoms with Crippen molar-refractivity contribution in [2.24, 2.45) is 5.73 Å². The van der Waals surface area contributed by atoms with Crippen LogP contribution in [0.5, 0.6) is 0 Å². The summed E-state index contributed by atoms with van der Waals surface area (Å²) in [5.41, 5.74) is 5.79. The molecule has 0 saturated heterocycles. The third-order valence-electron chi connectivity index (χ3n) is 1.91. The zero-order valence-corrected chi connectivity index (χ0v) is 12.1. The van der Waals surface area contributed by atoms with Gasteiger partial charge in [0.1, 0.15) is 0 Å².